The van der Waals surface area contributed by atoms with Crippen LogP contribution >= 0.6 is 0 Å². The van der Waals surface area contributed by atoms with Gasteiger partial charge in [-0.15, -0.1) is 0 Å². The van der Waals surface area contributed by atoms with Crippen molar-refractivity contribution in [3.63, 3.8) is 0 Å². The van der Waals surface area contributed by atoms with E-state index in [2.05, 4.69) is 17.1 Å². The Labute approximate surface area is 129 Å². The van der Waals surface area contributed by atoms with Crippen LogP contribution < -0.4 is 5.32 Å². The maximum Gasteiger partial charge on any atom is 0.326 e. The fourth-order valence-electron chi connectivity index (χ4n) is 4.04. The van der Waals surface area contributed by atoms with Crippen LogP contribution in [0, 0.1) is 5.92 Å². The van der Waals surface area contributed by atoms with Gasteiger partial charge >= 0.3 is 5.97 Å². The molecule has 0 aromatic rings. The summed E-state index contributed by atoms with van der Waals surface area (Å²) in [5.74, 6) is 0.838. The van der Waals surface area contributed by atoms with Crippen molar-refractivity contribution in [1.29, 1.82) is 0 Å². The first kappa shape index (κ1) is 16.8. The Balaban J connectivity index is 2.09. The molecule has 1 N–H and O–H groups in total. The molecule has 0 amide bonds. The Morgan fingerprint density at radius 3 is 2.67 bits per heavy atom. The first-order valence-corrected chi connectivity index (χ1v) is 8.86. The van der Waals surface area contributed by atoms with Crippen LogP contribution in [0.4, 0.5) is 0 Å². The number of esters is 1. The molecule has 0 aromatic heterocycles. The van der Waals surface area contributed by atoms with E-state index in [0.29, 0.717) is 6.61 Å². The van der Waals surface area contributed by atoms with E-state index in [-0.39, 0.29) is 11.5 Å². The van der Waals surface area contributed by atoms with Crippen LogP contribution in [-0.2, 0) is 9.53 Å². The van der Waals surface area contributed by atoms with Gasteiger partial charge in [0.15, 0.2) is 0 Å². The average Bonchev–Trinajstić information content (AvgIpc) is 2.78. The molecule has 0 bridgehead atoms. The lowest BCUT2D eigenvalue weighted by Crippen LogP contribution is -2.58. The van der Waals surface area contributed by atoms with Crippen LogP contribution in [0.25, 0.3) is 0 Å². The summed E-state index contributed by atoms with van der Waals surface area (Å²) in [4.78, 5) is 15.1. The molecule has 1 saturated heterocycles. The predicted molar refractivity (Wildman–Crippen MR) is 85.3 cm³/mol. The molecule has 1 aliphatic heterocycles. The van der Waals surface area contributed by atoms with Crippen molar-refractivity contribution in [2.45, 2.75) is 64.3 Å². The molecule has 2 fully saturated rings. The number of ether oxygens (including phenoxy) is 1. The molecule has 2 aliphatic rings. The summed E-state index contributed by atoms with van der Waals surface area (Å²) in [5.41, 5.74) is -0.341. The van der Waals surface area contributed by atoms with Gasteiger partial charge in [-0.05, 0) is 51.5 Å². The number of carbonyl (C=O) groups is 1. The first-order valence-electron chi connectivity index (χ1n) is 8.86. The van der Waals surface area contributed by atoms with E-state index in [1.54, 1.807) is 0 Å². The molecule has 122 valence electrons. The number of nitrogens with zero attached hydrogens (tertiary/aromatic N) is 1. The maximum atomic E-state index is 12.7. The molecule has 0 radical (unpaired) electrons. The zero-order chi connectivity index (χ0) is 15.1. The minimum absolute atomic E-state index is 0.0295. The van der Waals surface area contributed by atoms with Gasteiger partial charge in [-0.2, -0.15) is 0 Å². The third-order valence-electron chi connectivity index (χ3n) is 5.23. The smallest absolute Gasteiger partial charge is 0.326 e. The molecule has 1 aliphatic carbocycles. The van der Waals surface area contributed by atoms with Crippen molar-refractivity contribution in [1.82, 2.24) is 10.2 Å². The zero-order valence-electron chi connectivity index (χ0n) is 13.8. The highest BCUT2D eigenvalue weighted by Gasteiger charge is 2.47. The van der Waals surface area contributed by atoms with Crippen molar-refractivity contribution in [3.05, 3.63) is 0 Å². The van der Waals surface area contributed by atoms with Gasteiger partial charge in [-0.25, -0.2) is 0 Å². The minimum atomic E-state index is -0.341. The van der Waals surface area contributed by atoms with Crippen LogP contribution in [0.5, 0.6) is 0 Å². The van der Waals surface area contributed by atoms with Gasteiger partial charge in [0.2, 0.25) is 0 Å². The highest BCUT2D eigenvalue weighted by molar-refractivity contribution is 5.81. The number of hydrogen-bond donors (Lipinski definition) is 1. The highest BCUT2D eigenvalue weighted by atomic mass is 16.5. The quantitative estimate of drug-likeness (QED) is 0.792. The lowest BCUT2D eigenvalue weighted by Gasteiger charge is -2.45. The summed E-state index contributed by atoms with van der Waals surface area (Å²) >= 11 is 0. The van der Waals surface area contributed by atoms with Crippen molar-refractivity contribution in [2.75, 3.05) is 32.8 Å². The maximum absolute atomic E-state index is 12.7. The van der Waals surface area contributed by atoms with E-state index >= 15 is 0 Å². The van der Waals surface area contributed by atoms with Crippen LogP contribution in [-0.4, -0.2) is 49.2 Å². The number of hydrogen-bond acceptors (Lipinski definition) is 4. The van der Waals surface area contributed by atoms with Crippen molar-refractivity contribution >= 4 is 5.97 Å². The van der Waals surface area contributed by atoms with Crippen molar-refractivity contribution in [3.8, 4) is 0 Å². The van der Waals surface area contributed by atoms with Gasteiger partial charge in [0, 0.05) is 19.6 Å². The van der Waals surface area contributed by atoms with E-state index in [0.717, 1.165) is 51.4 Å². The Bertz CT molecular complexity index is 317. The van der Waals surface area contributed by atoms with Gasteiger partial charge in [0.05, 0.1) is 6.61 Å². The van der Waals surface area contributed by atoms with Gasteiger partial charge < -0.3 is 10.1 Å². The fraction of sp³-hybridized carbons (Fsp3) is 0.941. The van der Waals surface area contributed by atoms with Gasteiger partial charge in [-0.3, -0.25) is 9.69 Å². The molecule has 0 spiro atoms. The Kier molecular flexibility index (Phi) is 6.49. The molecule has 0 aromatic carbocycles. The second-order valence-electron chi connectivity index (χ2n) is 6.57. The summed E-state index contributed by atoms with van der Waals surface area (Å²) < 4.78 is 5.47. The van der Waals surface area contributed by atoms with E-state index in [1.165, 1.54) is 25.7 Å². The van der Waals surface area contributed by atoms with Gasteiger partial charge in [0.25, 0.3) is 0 Å². The molecule has 4 nitrogen and oxygen atoms in total. The van der Waals surface area contributed by atoms with Crippen LogP contribution in [0.15, 0.2) is 0 Å². The molecule has 1 heterocycles. The molecule has 0 atom stereocenters. The Morgan fingerprint density at radius 1 is 1.24 bits per heavy atom. The lowest BCUT2D eigenvalue weighted by molar-refractivity contribution is -0.161. The van der Waals surface area contributed by atoms with E-state index < -0.39 is 0 Å². The summed E-state index contributed by atoms with van der Waals surface area (Å²) in [7, 11) is 0. The number of rotatable bonds is 5. The monoisotopic (exact) mass is 296 g/mol. The van der Waals surface area contributed by atoms with Crippen LogP contribution in [0.3, 0.4) is 0 Å². The molecular weight excluding hydrogens is 264 g/mol. The largest absolute Gasteiger partial charge is 0.465 e. The molecule has 0 unspecified atom stereocenters. The SMILES string of the molecule is CCCC1CCC(C(=O)OCC)(N2CCCNCC2)CC1. The van der Waals surface area contributed by atoms with Gasteiger partial charge in [-0.1, -0.05) is 19.8 Å². The fourth-order valence-corrected chi connectivity index (χ4v) is 4.04. The third-order valence-corrected chi connectivity index (χ3v) is 5.23. The predicted octanol–water partition coefficient (Wildman–Crippen LogP) is 2.57. The normalized spacial score (nSPS) is 31.6. The highest BCUT2D eigenvalue weighted by Crippen LogP contribution is 2.39. The number of carbonyl (C=O) groups excluding carboxylic acids is 1. The molecular formula is C17H32N2O2. The molecule has 21 heavy (non-hydrogen) atoms. The molecule has 1 saturated carbocycles. The first-order chi connectivity index (χ1) is 10.2. The van der Waals surface area contributed by atoms with Crippen LogP contribution in [0.2, 0.25) is 0 Å². The third kappa shape index (κ3) is 3.98. The summed E-state index contributed by atoms with van der Waals surface area (Å²) in [5, 5.41) is 3.44. The zero-order valence-corrected chi connectivity index (χ0v) is 13.8. The standard InChI is InChI=1S/C17H32N2O2/c1-3-6-15-7-9-17(10-8-15,16(20)21-4-2)19-13-5-11-18-12-14-19/h15,18H,3-14H2,1-2H3. The lowest BCUT2D eigenvalue weighted by atomic mass is 9.74. The Morgan fingerprint density at radius 2 is 2.00 bits per heavy atom. The topological polar surface area (TPSA) is 41.6 Å². The summed E-state index contributed by atoms with van der Waals surface area (Å²) in [6, 6.07) is 0. The summed E-state index contributed by atoms with van der Waals surface area (Å²) in [6.07, 6.45) is 8.00. The van der Waals surface area contributed by atoms with Crippen molar-refractivity contribution in [2.24, 2.45) is 5.92 Å². The molecule has 2 rings (SSSR count). The van der Waals surface area contributed by atoms with Crippen LogP contribution in [0.1, 0.15) is 58.8 Å². The second kappa shape index (κ2) is 8.14. The number of nitrogens with one attached hydrogen (secondary N) is 1. The van der Waals surface area contributed by atoms with E-state index in [1.807, 2.05) is 6.92 Å². The Hall–Kier alpha value is -0.610. The summed E-state index contributed by atoms with van der Waals surface area (Å²) in [6.45, 7) is 8.70. The van der Waals surface area contributed by atoms with E-state index in [4.69, 9.17) is 4.74 Å². The minimum Gasteiger partial charge on any atom is -0.465 e. The average molecular weight is 296 g/mol. The second-order valence-corrected chi connectivity index (χ2v) is 6.57. The van der Waals surface area contributed by atoms with Crippen molar-refractivity contribution < 1.29 is 9.53 Å². The van der Waals surface area contributed by atoms with E-state index in [9.17, 15) is 4.79 Å². The molecule has 4 heteroatoms. The van der Waals surface area contributed by atoms with Gasteiger partial charge in [0.1, 0.15) is 5.54 Å².